The number of anilines is 1. The Bertz CT molecular complexity index is 444. The van der Waals surface area contributed by atoms with E-state index in [1.165, 1.54) is 0 Å². The molecule has 0 fully saturated rings. The van der Waals surface area contributed by atoms with Crippen molar-refractivity contribution in [3.63, 3.8) is 0 Å². The SMILES string of the molecule is CC(C)Cn1ncc2cnc(N)cc21. The Morgan fingerprint density at radius 1 is 1.43 bits per heavy atom. The summed E-state index contributed by atoms with van der Waals surface area (Å²) in [4.78, 5) is 4.02. The van der Waals surface area contributed by atoms with E-state index < -0.39 is 0 Å². The van der Waals surface area contributed by atoms with Crippen molar-refractivity contribution in [3.05, 3.63) is 18.5 Å². The van der Waals surface area contributed by atoms with E-state index in [0.29, 0.717) is 11.7 Å². The third-order valence-corrected chi connectivity index (χ3v) is 2.09. The van der Waals surface area contributed by atoms with Gasteiger partial charge in [0.1, 0.15) is 5.82 Å². The second-order valence-corrected chi connectivity index (χ2v) is 3.89. The van der Waals surface area contributed by atoms with Crippen molar-refractivity contribution in [1.29, 1.82) is 0 Å². The molecule has 0 spiro atoms. The highest BCUT2D eigenvalue weighted by Gasteiger charge is 2.04. The summed E-state index contributed by atoms with van der Waals surface area (Å²) in [6.07, 6.45) is 3.58. The van der Waals surface area contributed by atoms with E-state index in [0.717, 1.165) is 17.4 Å². The molecular weight excluding hydrogens is 176 g/mol. The first kappa shape index (κ1) is 8.99. The van der Waals surface area contributed by atoms with Gasteiger partial charge in [0, 0.05) is 24.2 Å². The lowest BCUT2D eigenvalue weighted by Crippen LogP contribution is -2.05. The third kappa shape index (κ3) is 1.55. The summed E-state index contributed by atoms with van der Waals surface area (Å²) in [6, 6.07) is 1.87. The van der Waals surface area contributed by atoms with Gasteiger partial charge < -0.3 is 5.73 Å². The molecule has 2 aromatic rings. The summed E-state index contributed by atoms with van der Waals surface area (Å²) in [7, 11) is 0. The van der Waals surface area contributed by atoms with Crippen LogP contribution < -0.4 is 5.73 Å². The number of rotatable bonds is 2. The lowest BCUT2D eigenvalue weighted by atomic mass is 10.2. The van der Waals surface area contributed by atoms with Crippen LogP contribution in [0.25, 0.3) is 10.9 Å². The van der Waals surface area contributed by atoms with Crippen LogP contribution in [0.2, 0.25) is 0 Å². The maximum atomic E-state index is 5.63. The maximum Gasteiger partial charge on any atom is 0.125 e. The molecule has 74 valence electrons. The van der Waals surface area contributed by atoms with Crippen molar-refractivity contribution in [2.75, 3.05) is 5.73 Å². The average molecular weight is 190 g/mol. The van der Waals surface area contributed by atoms with E-state index >= 15 is 0 Å². The molecular formula is C10H14N4. The normalized spacial score (nSPS) is 11.4. The van der Waals surface area contributed by atoms with Gasteiger partial charge in [0.15, 0.2) is 0 Å². The zero-order valence-electron chi connectivity index (χ0n) is 8.44. The summed E-state index contributed by atoms with van der Waals surface area (Å²) in [5, 5.41) is 5.34. The van der Waals surface area contributed by atoms with Gasteiger partial charge in [-0.2, -0.15) is 5.10 Å². The number of hydrogen-bond donors (Lipinski definition) is 1. The Labute approximate surface area is 82.7 Å². The standard InChI is InChI=1S/C10H14N4/c1-7(2)6-14-9-3-10(11)12-4-8(9)5-13-14/h3-5,7H,6H2,1-2H3,(H2,11,12). The number of aromatic nitrogens is 3. The molecule has 0 saturated heterocycles. The zero-order chi connectivity index (χ0) is 10.1. The number of pyridine rings is 1. The summed E-state index contributed by atoms with van der Waals surface area (Å²) >= 11 is 0. The highest BCUT2D eigenvalue weighted by atomic mass is 15.3. The van der Waals surface area contributed by atoms with Crippen LogP contribution in [0.1, 0.15) is 13.8 Å². The van der Waals surface area contributed by atoms with Crippen molar-refractivity contribution in [2.45, 2.75) is 20.4 Å². The molecule has 0 aliphatic heterocycles. The molecule has 14 heavy (non-hydrogen) atoms. The number of fused-ring (bicyclic) bond motifs is 1. The highest BCUT2D eigenvalue weighted by molar-refractivity contribution is 5.79. The van der Waals surface area contributed by atoms with Crippen LogP contribution in [-0.2, 0) is 6.54 Å². The third-order valence-electron chi connectivity index (χ3n) is 2.09. The van der Waals surface area contributed by atoms with Crippen LogP contribution in [0.4, 0.5) is 5.82 Å². The van der Waals surface area contributed by atoms with Gasteiger partial charge in [-0.25, -0.2) is 4.98 Å². The molecule has 4 heteroatoms. The molecule has 4 nitrogen and oxygen atoms in total. The predicted molar refractivity (Wildman–Crippen MR) is 56.8 cm³/mol. The van der Waals surface area contributed by atoms with Crippen molar-refractivity contribution in [2.24, 2.45) is 5.92 Å². The molecule has 0 aliphatic rings. The topological polar surface area (TPSA) is 56.7 Å². The lowest BCUT2D eigenvalue weighted by molar-refractivity contribution is 0.495. The Hall–Kier alpha value is -1.58. The molecule has 0 atom stereocenters. The fourth-order valence-electron chi connectivity index (χ4n) is 1.48. The molecule has 0 aliphatic carbocycles. The molecule has 2 heterocycles. The summed E-state index contributed by atoms with van der Waals surface area (Å²) in [6.45, 7) is 5.24. The van der Waals surface area contributed by atoms with E-state index in [9.17, 15) is 0 Å². The first-order valence-corrected chi connectivity index (χ1v) is 4.74. The minimum Gasteiger partial charge on any atom is -0.384 e. The molecule has 0 bridgehead atoms. The van der Waals surface area contributed by atoms with Crippen LogP contribution in [0.3, 0.4) is 0 Å². The number of hydrogen-bond acceptors (Lipinski definition) is 3. The minimum absolute atomic E-state index is 0.544. The van der Waals surface area contributed by atoms with E-state index in [-0.39, 0.29) is 0 Å². The summed E-state index contributed by atoms with van der Waals surface area (Å²) in [5.41, 5.74) is 6.69. The fourth-order valence-corrected chi connectivity index (χ4v) is 1.48. The number of nitrogens with zero attached hydrogens (tertiary/aromatic N) is 3. The van der Waals surface area contributed by atoms with Gasteiger partial charge in [-0.3, -0.25) is 4.68 Å². The Morgan fingerprint density at radius 3 is 2.93 bits per heavy atom. The summed E-state index contributed by atoms with van der Waals surface area (Å²) in [5.74, 6) is 1.12. The van der Waals surface area contributed by atoms with Gasteiger partial charge in [0.05, 0.1) is 11.7 Å². The molecule has 0 saturated carbocycles. The van der Waals surface area contributed by atoms with E-state index in [2.05, 4.69) is 23.9 Å². The van der Waals surface area contributed by atoms with Crippen molar-refractivity contribution < 1.29 is 0 Å². The van der Waals surface area contributed by atoms with Gasteiger partial charge in [0.25, 0.3) is 0 Å². The van der Waals surface area contributed by atoms with Crippen LogP contribution in [0.5, 0.6) is 0 Å². The minimum atomic E-state index is 0.544. The monoisotopic (exact) mass is 190 g/mol. The first-order valence-electron chi connectivity index (χ1n) is 4.74. The van der Waals surface area contributed by atoms with Gasteiger partial charge in [-0.15, -0.1) is 0 Å². The number of nitrogen functional groups attached to an aromatic ring is 1. The highest BCUT2D eigenvalue weighted by Crippen LogP contribution is 2.15. The van der Waals surface area contributed by atoms with Gasteiger partial charge in [-0.1, -0.05) is 13.8 Å². The molecule has 2 aromatic heterocycles. The van der Waals surface area contributed by atoms with E-state index in [1.54, 1.807) is 6.20 Å². The molecule has 0 amide bonds. The molecule has 0 unspecified atom stereocenters. The maximum absolute atomic E-state index is 5.63. The van der Waals surface area contributed by atoms with E-state index in [4.69, 9.17) is 5.73 Å². The first-order chi connectivity index (χ1) is 6.66. The second-order valence-electron chi connectivity index (χ2n) is 3.89. The lowest BCUT2D eigenvalue weighted by Gasteiger charge is -2.06. The molecule has 0 aromatic carbocycles. The summed E-state index contributed by atoms with van der Waals surface area (Å²) < 4.78 is 1.97. The van der Waals surface area contributed by atoms with Crippen LogP contribution >= 0.6 is 0 Å². The Morgan fingerprint density at radius 2 is 2.21 bits per heavy atom. The molecule has 2 rings (SSSR count). The van der Waals surface area contributed by atoms with Gasteiger partial charge in [0.2, 0.25) is 0 Å². The van der Waals surface area contributed by atoms with Gasteiger partial charge >= 0.3 is 0 Å². The van der Waals surface area contributed by atoms with Crippen molar-refractivity contribution in [3.8, 4) is 0 Å². The van der Waals surface area contributed by atoms with Crippen LogP contribution in [0.15, 0.2) is 18.5 Å². The van der Waals surface area contributed by atoms with Crippen LogP contribution in [0, 0.1) is 5.92 Å². The number of nitrogens with two attached hydrogens (primary N) is 1. The van der Waals surface area contributed by atoms with E-state index in [1.807, 2.05) is 16.9 Å². The molecule has 0 radical (unpaired) electrons. The Kier molecular flexibility index (Phi) is 2.11. The molecule has 2 N–H and O–H groups in total. The average Bonchev–Trinajstić information content (AvgIpc) is 2.47. The van der Waals surface area contributed by atoms with Gasteiger partial charge in [-0.05, 0) is 5.92 Å². The predicted octanol–water partition coefficient (Wildman–Crippen LogP) is 1.67. The Balaban J connectivity index is 2.50. The second kappa shape index (κ2) is 3.29. The smallest absolute Gasteiger partial charge is 0.125 e. The fraction of sp³-hybridized carbons (Fsp3) is 0.400. The largest absolute Gasteiger partial charge is 0.384 e. The van der Waals surface area contributed by atoms with Crippen molar-refractivity contribution >= 4 is 16.7 Å². The quantitative estimate of drug-likeness (QED) is 0.783. The van der Waals surface area contributed by atoms with Crippen LogP contribution in [-0.4, -0.2) is 14.8 Å². The van der Waals surface area contributed by atoms with Crippen molar-refractivity contribution in [1.82, 2.24) is 14.8 Å². The zero-order valence-corrected chi connectivity index (χ0v) is 8.44.